The number of carbonyl (C=O) groups excluding carboxylic acids is 1. The van der Waals surface area contributed by atoms with Crippen LogP contribution in [0.2, 0.25) is 0 Å². The van der Waals surface area contributed by atoms with E-state index < -0.39 is 6.04 Å². The number of fused-ring (bicyclic) bond motifs is 1. The highest BCUT2D eigenvalue weighted by atomic mass is 16.5. The molecule has 8 nitrogen and oxygen atoms in total. The first-order valence-electron chi connectivity index (χ1n) is 10.1. The molecule has 0 spiro atoms. The summed E-state index contributed by atoms with van der Waals surface area (Å²) in [6.07, 6.45) is 1.44. The standard InChI is InChI=1S/C23H25N5O3/c1-5-31-19-11-16(9-10-18(19)29)21-20(15(4)26-23-24-12-25-28(21)23)22(30)27-17-8-6-7-13(2)14(17)3/h6-12,21,29H,5H2,1-4H3,(H,27,30)(H,24,25,26). The van der Waals surface area contributed by atoms with Gasteiger partial charge in [0.25, 0.3) is 5.91 Å². The molecule has 4 rings (SSSR count). The van der Waals surface area contributed by atoms with Crippen molar-refractivity contribution in [2.24, 2.45) is 0 Å². The van der Waals surface area contributed by atoms with Gasteiger partial charge < -0.3 is 20.5 Å². The minimum atomic E-state index is -0.538. The lowest BCUT2D eigenvalue weighted by Gasteiger charge is -2.29. The Kier molecular flexibility index (Phi) is 5.37. The predicted molar refractivity (Wildman–Crippen MR) is 118 cm³/mol. The molecule has 3 N–H and O–H groups in total. The first-order valence-corrected chi connectivity index (χ1v) is 10.1. The van der Waals surface area contributed by atoms with Gasteiger partial charge in [0, 0.05) is 11.4 Å². The fourth-order valence-corrected chi connectivity index (χ4v) is 3.74. The number of anilines is 2. The Morgan fingerprint density at radius 2 is 2.06 bits per heavy atom. The second-order valence-corrected chi connectivity index (χ2v) is 7.46. The number of hydrogen-bond donors (Lipinski definition) is 3. The SMILES string of the molecule is CCOc1cc(C2C(C(=O)Nc3cccc(C)c3C)=C(C)Nc3ncnn32)ccc1O. The van der Waals surface area contributed by atoms with E-state index in [1.807, 2.05) is 45.9 Å². The van der Waals surface area contributed by atoms with E-state index in [4.69, 9.17) is 4.74 Å². The summed E-state index contributed by atoms with van der Waals surface area (Å²) < 4.78 is 7.22. The number of ether oxygens (including phenoxy) is 1. The molecule has 1 aliphatic heterocycles. The van der Waals surface area contributed by atoms with Crippen molar-refractivity contribution in [1.29, 1.82) is 0 Å². The van der Waals surface area contributed by atoms with Gasteiger partial charge in [-0.3, -0.25) is 4.79 Å². The Balaban J connectivity index is 1.79. The highest BCUT2D eigenvalue weighted by molar-refractivity contribution is 6.06. The molecule has 8 heteroatoms. The van der Waals surface area contributed by atoms with Crippen molar-refractivity contribution in [2.45, 2.75) is 33.7 Å². The number of nitrogens with one attached hydrogen (secondary N) is 2. The van der Waals surface area contributed by atoms with Gasteiger partial charge in [0.15, 0.2) is 11.5 Å². The lowest BCUT2D eigenvalue weighted by atomic mass is 9.94. The van der Waals surface area contributed by atoms with E-state index in [9.17, 15) is 9.90 Å². The summed E-state index contributed by atoms with van der Waals surface area (Å²) in [7, 11) is 0. The number of rotatable bonds is 5. The molecule has 0 saturated carbocycles. The Hall–Kier alpha value is -3.81. The molecule has 1 aliphatic rings. The first kappa shape index (κ1) is 20.5. The maximum absolute atomic E-state index is 13.5. The zero-order chi connectivity index (χ0) is 22.1. The van der Waals surface area contributed by atoms with Crippen LogP contribution in [0.5, 0.6) is 11.5 Å². The highest BCUT2D eigenvalue weighted by Crippen LogP contribution is 2.38. The van der Waals surface area contributed by atoms with Crippen LogP contribution < -0.4 is 15.4 Å². The van der Waals surface area contributed by atoms with Crippen molar-refractivity contribution < 1.29 is 14.6 Å². The third-order valence-electron chi connectivity index (χ3n) is 5.49. The van der Waals surface area contributed by atoms with Gasteiger partial charge in [-0.15, -0.1) is 0 Å². The molecule has 0 aliphatic carbocycles. The van der Waals surface area contributed by atoms with Crippen LogP contribution in [0.1, 0.15) is 36.6 Å². The monoisotopic (exact) mass is 419 g/mol. The molecule has 0 saturated heterocycles. The van der Waals surface area contributed by atoms with Gasteiger partial charge in [-0.05, 0) is 62.6 Å². The predicted octanol–water partition coefficient (Wildman–Crippen LogP) is 3.93. The number of hydrogen-bond acceptors (Lipinski definition) is 6. The van der Waals surface area contributed by atoms with E-state index in [1.54, 1.807) is 22.9 Å². The van der Waals surface area contributed by atoms with E-state index in [0.29, 0.717) is 29.6 Å². The van der Waals surface area contributed by atoms with Crippen LogP contribution in [-0.2, 0) is 4.79 Å². The summed E-state index contributed by atoms with van der Waals surface area (Å²) in [5.74, 6) is 0.695. The highest BCUT2D eigenvalue weighted by Gasteiger charge is 2.34. The second kappa shape index (κ2) is 8.14. The Bertz CT molecular complexity index is 1180. The summed E-state index contributed by atoms with van der Waals surface area (Å²) in [6.45, 7) is 8.08. The average Bonchev–Trinajstić information content (AvgIpc) is 3.20. The number of benzene rings is 2. The molecule has 1 unspecified atom stereocenters. The van der Waals surface area contributed by atoms with E-state index in [2.05, 4.69) is 20.7 Å². The van der Waals surface area contributed by atoms with Crippen LogP contribution in [0.15, 0.2) is 54.0 Å². The fraction of sp³-hybridized carbons (Fsp3) is 0.261. The maximum atomic E-state index is 13.5. The van der Waals surface area contributed by atoms with Crippen molar-refractivity contribution in [3.63, 3.8) is 0 Å². The minimum absolute atomic E-state index is 0.0421. The van der Waals surface area contributed by atoms with E-state index in [-0.39, 0.29) is 11.7 Å². The Morgan fingerprint density at radius 3 is 2.84 bits per heavy atom. The van der Waals surface area contributed by atoms with Crippen LogP contribution in [0, 0.1) is 13.8 Å². The van der Waals surface area contributed by atoms with Gasteiger partial charge in [0.2, 0.25) is 5.95 Å². The van der Waals surface area contributed by atoms with Crippen molar-refractivity contribution >= 4 is 17.5 Å². The molecule has 0 fully saturated rings. The molecule has 31 heavy (non-hydrogen) atoms. The number of phenols is 1. The molecular formula is C23H25N5O3. The fourth-order valence-electron chi connectivity index (χ4n) is 3.74. The molecule has 1 amide bonds. The van der Waals surface area contributed by atoms with Crippen LogP contribution in [0.25, 0.3) is 0 Å². The van der Waals surface area contributed by atoms with E-state index in [1.165, 1.54) is 6.33 Å². The Labute approximate surface area is 180 Å². The number of aromatic nitrogens is 3. The summed E-state index contributed by atoms with van der Waals surface area (Å²) in [6, 6.07) is 10.3. The average molecular weight is 419 g/mol. The van der Waals surface area contributed by atoms with Gasteiger partial charge >= 0.3 is 0 Å². The minimum Gasteiger partial charge on any atom is -0.504 e. The van der Waals surface area contributed by atoms with Crippen LogP contribution in [0.3, 0.4) is 0 Å². The lowest BCUT2D eigenvalue weighted by molar-refractivity contribution is -0.113. The third kappa shape index (κ3) is 3.72. The number of allylic oxidation sites excluding steroid dienone is 1. The topological polar surface area (TPSA) is 101 Å². The third-order valence-corrected chi connectivity index (χ3v) is 5.49. The summed E-state index contributed by atoms with van der Waals surface area (Å²) >= 11 is 0. The summed E-state index contributed by atoms with van der Waals surface area (Å²) in [4.78, 5) is 17.7. The van der Waals surface area contributed by atoms with Crippen LogP contribution in [0.4, 0.5) is 11.6 Å². The lowest BCUT2D eigenvalue weighted by Crippen LogP contribution is -2.31. The molecule has 2 aromatic carbocycles. The number of aryl methyl sites for hydroxylation is 1. The molecule has 2 heterocycles. The molecule has 160 valence electrons. The molecule has 1 atom stereocenters. The largest absolute Gasteiger partial charge is 0.504 e. The quantitative estimate of drug-likeness (QED) is 0.579. The zero-order valence-corrected chi connectivity index (χ0v) is 17.9. The van der Waals surface area contributed by atoms with Crippen molar-refractivity contribution in [2.75, 3.05) is 17.2 Å². The van der Waals surface area contributed by atoms with Gasteiger partial charge in [-0.25, -0.2) is 4.68 Å². The molecule has 1 aromatic heterocycles. The molecule has 0 bridgehead atoms. The zero-order valence-electron chi connectivity index (χ0n) is 17.9. The van der Waals surface area contributed by atoms with Gasteiger partial charge in [0.1, 0.15) is 12.4 Å². The van der Waals surface area contributed by atoms with Crippen LogP contribution in [-0.4, -0.2) is 32.4 Å². The summed E-state index contributed by atoms with van der Waals surface area (Å²) in [5, 5.41) is 20.7. The first-order chi connectivity index (χ1) is 14.9. The van der Waals surface area contributed by atoms with Gasteiger partial charge in [0.05, 0.1) is 12.2 Å². The summed E-state index contributed by atoms with van der Waals surface area (Å²) in [5.41, 5.74) is 4.81. The van der Waals surface area contributed by atoms with Crippen molar-refractivity contribution in [1.82, 2.24) is 14.8 Å². The number of carbonyl (C=O) groups is 1. The van der Waals surface area contributed by atoms with Crippen molar-refractivity contribution in [3.05, 3.63) is 70.7 Å². The van der Waals surface area contributed by atoms with Crippen LogP contribution >= 0.6 is 0 Å². The number of nitrogens with zero attached hydrogens (tertiary/aromatic N) is 3. The number of phenolic OH excluding ortho intramolecular Hbond substituents is 1. The molecular weight excluding hydrogens is 394 g/mol. The Morgan fingerprint density at radius 1 is 1.26 bits per heavy atom. The number of aromatic hydroxyl groups is 1. The van der Waals surface area contributed by atoms with E-state index >= 15 is 0 Å². The number of amides is 1. The van der Waals surface area contributed by atoms with Gasteiger partial charge in [-0.1, -0.05) is 18.2 Å². The normalized spacial score (nSPS) is 15.3. The smallest absolute Gasteiger partial charge is 0.255 e. The molecule has 0 radical (unpaired) electrons. The second-order valence-electron chi connectivity index (χ2n) is 7.46. The van der Waals surface area contributed by atoms with Gasteiger partial charge in [-0.2, -0.15) is 10.1 Å². The molecule has 3 aromatic rings. The maximum Gasteiger partial charge on any atom is 0.255 e. The van der Waals surface area contributed by atoms with Crippen molar-refractivity contribution in [3.8, 4) is 11.5 Å². The van der Waals surface area contributed by atoms with E-state index in [0.717, 1.165) is 22.4 Å².